The Bertz CT molecular complexity index is 490. The Hall–Kier alpha value is -1.43. The summed E-state index contributed by atoms with van der Waals surface area (Å²) >= 11 is 0. The third kappa shape index (κ3) is 3.36. The molecule has 20 heavy (non-hydrogen) atoms. The summed E-state index contributed by atoms with van der Waals surface area (Å²) in [4.78, 5) is 12.0. The van der Waals surface area contributed by atoms with E-state index in [-0.39, 0.29) is 12.3 Å². The predicted molar refractivity (Wildman–Crippen MR) is 63.9 cm³/mol. The number of carbonyl (C=O) groups is 1. The number of hydrogen-bond donors (Lipinski definition) is 0. The van der Waals surface area contributed by atoms with Crippen molar-refractivity contribution in [3.8, 4) is 0 Å². The van der Waals surface area contributed by atoms with Gasteiger partial charge < -0.3 is 4.74 Å². The maximum absolute atomic E-state index is 13.8. The minimum atomic E-state index is -4.79. The van der Waals surface area contributed by atoms with Gasteiger partial charge in [0.05, 0.1) is 11.1 Å². The Morgan fingerprint density at radius 2 is 1.90 bits per heavy atom. The van der Waals surface area contributed by atoms with Crippen LogP contribution in [-0.2, 0) is 10.9 Å². The summed E-state index contributed by atoms with van der Waals surface area (Å²) in [7, 11) is 0. The Balaban J connectivity index is 2.17. The minimum Gasteiger partial charge on any atom is -0.381 e. The summed E-state index contributed by atoms with van der Waals surface area (Å²) in [6, 6.07) is 2.80. The molecule has 110 valence electrons. The molecule has 0 N–H and O–H groups in total. The molecule has 1 aliphatic rings. The van der Waals surface area contributed by atoms with Crippen molar-refractivity contribution in [1.29, 1.82) is 0 Å². The van der Waals surface area contributed by atoms with E-state index in [1.807, 2.05) is 0 Å². The molecule has 2 rings (SSSR count). The largest absolute Gasteiger partial charge is 0.419 e. The van der Waals surface area contributed by atoms with Gasteiger partial charge in [0.25, 0.3) is 0 Å². The van der Waals surface area contributed by atoms with Crippen molar-refractivity contribution in [2.24, 2.45) is 5.92 Å². The lowest BCUT2D eigenvalue weighted by Gasteiger charge is -2.21. The topological polar surface area (TPSA) is 26.3 Å². The van der Waals surface area contributed by atoms with Crippen molar-refractivity contribution < 1.29 is 27.1 Å². The van der Waals surface area contributed by atoms with Crippen molar-refractivity contribution >= 4 is 5.78 Å². The van der Waals surface area contributed by atoms with Gasteiger partial charge in [0.1, 0.15) is 5.82 Å². The van der Waals surface area contributed by atoms with Crippen LogP contribution in [0.1, 0.15) is 35.2 Å². The molecule has 1 aromatic carbocycles. The van der Waals surface area contributed by atoms with Crippen LogP contribution in [0.4, 0.5) is 17.6 Å². The van der Waals surface area contributed by atoms with E-state index < -0.39 is 28.9 Å². The van der Waals surface area contributed by atoms with Crippen LogP contribution in [0.3, 0.4) is 0 Å². The smallest absolute Gasteiger partial charge is 0.381 e. The van der Waals surface area contributed by atoms with Crippen molar-refractivity contribution in [3.05, 3.63) is 35.1 Å². The molecule has 2 nitrogen and oxygen atoms in total. The molecule has 6 heteroatoms. The molecule has 1 aromatic rings. The van der Waals surface area contributed by atoms with E-state index in [2.05, 4.69) is 0 Å². The molecule has 0 spiro atoms. The van der Waals surface area contributed by atoms with E-state index in [9.17, 15) is 22.4 Å². The van der Waals surface area contributed by atoms with E-state index in [0.29, 0.717) is 32.1 Å². The Labute approximate surface area is 113 Å². The highest BCUT2D eigenvalue weighted by molar-refractivity contribution is 5.96. The van der Waals surface area contributed by atoms with Crippen molar-refractivity contribution in [2.75, 3.05) is 13.2 Å². The second-order valence-corrected chi connectivity index (χ2v) is 4.85. The molecule has 1 saturated heterocycles. The number of ketones is 1. The first kappa shape index (κ1) is 15.0. The number of halogens is 4. The van der Waals surface area contributed by atoms with Gasteiger partial charge in [-0.25, -0.2) is 4.39 Å². The van der Waals surface area contributed by atoms with Gasteiger partial charge >= 0.3 is 6.18 Å². The second-order valence-electron chi connectivity index (χ2n) is 4.85. The summed E-state index contributed by atoms with van der Waals surface area (Å²) in [6.45, 7) is 1.06. The monoisotopic (exact) mass is 290 g/mol. The lowest BCUT2D eigenvalue weighted by atomic mass is 9.91. The molecule has 0 aliphatic carbocycles. The van der Waals surface area contributed by atoms with Crippen LogP contribution in [0.2, 0.25) is 0 Å². The number of carbonyl (C=O) groups excluding carboxylic acids is 1. The number of ether oxygens (including phenoxy) is 1. The Morgan fingerprint density at radius 3 is 2.50 bits per heavy atom. The number of rotatable bonds is 3. The average molecular weight is 290 g/mol. The third-order valence-corrected chi connectivity index (χ3v) is 3.42. The number of alkyl halides is 3. The third-order valence-electron chi connectivity index (χ3n) is 3.42. The average Bonchev–Trinajstić information content (AvgIpc) is 2.38. The lowest BCUT2D eigenvalue weighted by Crippen LogP contribution is -2.20. The summed E-state index contributed by atoms with van der Waals surface area (Å²) in [6.07, 6.45) is -3.39. The normalized spacial score (nSPS) is 17.2. The van der Waals surface area contributed by atoms with Gasteiger partial charge in [-0.05, 0) is 30.9 Å². The molecule has 0 radical (unpaired) electrons. The lowest BCUT2D eigenvalue weighted by molar-refractivity contribution is -0.140. The standard InChI is InChI=1S/C14H14F4O2/c15-13-10(2-1-3-11(13)14(16,17)18)12(19)8-9-4-6-20-7-5-9/h1-3,9H,4-8H2. The van der Waals surface area contributed by atoms with Crippen molar-refractivity contribution in [1.82, 2.24) is 0 Å². The maximum atomic E-state index is 13.8. The molecule has 0 amide bonds. The van der Waals surface area contributed by atoms with Crippen LogP contribution in [0.15, 0.2) is 18.2 Å². The van der Waals surface area contributed by atoms with Gasteiger partial charge in [-0.1, -0.05) is 6.07 Å². The second kappa shape index (κ2) is 5.91. The van der Waals surface area contributed by atoms with Crippen molar-refractivity contribution in [2.45, 2.75) is 25.4 Å². The quantitative estimate of drug-likeness (QED) is 0.624. The van der Waals surface area contributed by atoms with Crippen LogP contribution in [0.5, 0.6) is 0 Å². The fourth-order valence-corrected chi connectivity index (χ4v) is 2.29. The molecule has 0 saturated carbocycles. The number of benzene rings is 1. The summed E-state index contributed by atoms with van der Waals surface area (Å²) in [5.74, 6) is -2.01. The zero-order valence-electron chi connectivity index (χ0n) is 10.7. The summed E-state index contributed by atoms with van der Waals surface area (Å²) in [5.41, 5.74) is -1.87. The minimum absolute atomic E-state index is 0.0465. The molecule has 1 heterocycles. The molecule has 0 aromatic heterocycles. The van der Waals surface area contributed by atoms with Gasteiger partial charge in [-0.3, -0.25) is 4.79 Å². The molecule has 0 atom stereocenters. The first-order valence-corrected chi connectivity index (χ1v) is 6.36. The zero-order valence-corrected chi connectivity index (χ0v) is 10.7. The molecule has 1 fully saturated rings. The highest BCUT2D eigenvalue weighted by atomic mass is 19.4. The van der Waals surface area contributed by atoms with E-state index in [1.54, 1.807) is 0 Å². The molecular formula is C14H14F4O2. The van der Waals surface area contributed by atoms with Crippen LogP contribution < -0.4 is 0 Å². The van der Waals surface area contributed by atoms with Gasteiger partial charge in [0, 0.05) is 19.6 Å². The van der Waals surface area contributed by atoms with Gasteiger partial charge in [-0.15, -0.1) is 0 Å². The van der Waals surface area contributed by atoms with E-state index in [1.165, 1.54) is 0 Å². The first-order chi connectivity index (χ1) is 9.39. The SMILES string of the molecule is O=C(CC1CCOCC1)c1cccc(C(F)(F)F)c1F. The fourth-order valence-electron chi connectivity index (χ4n) is 2.29. The number of Topliss-reactive ketones (excluding diaryl/α,β-unsaturated/α-hetero) is 1. The van der Waals surface area contributed by atoms with Crippen LogP contribution in [0.25, 0.3) is 0 Å². The molecule has 0 bridgehead atoms. The Kier molecular flexibility index (Phi) is 4.42. The zero-order chi connectivity index (χ0) is 14.8. The van der Waals surface area contributed by atoms with Crippen LogP contribution in [-0.4, -0.2) is 19.0 Å². The fraction of sp³-hybridized carbons (Fsp3) is 0.500. The van der Waals surface area contributed by atoms with E-state index in [0.717, 1.165) is 12.1 Å². The predicted octanol–water partition coefficient (Wildman–Crippen LogP) is 3.84. The van der Waals surface area contributed by atoms with E-state index >= 15 is 0 Å². The van der Waals surface area contributed by atoms with Crippen LogP contribution >= 0.6 is 0 Å². The van der Waals surface area contributed by atoms with Gasteiger partial charge in [0.2, 0.25) is 0 Å². The maximum Gasteiger partial charge on any atom is 0.419 e. The Morgan fingerprint density at radius 1 is 1.25 bits per heavy atom. The number of hydrogen-bond acceptors (Lipinski definition) is 2. The van der Waals surface area contributed by atoms with Gasteiger partial charge in [-0.2, -0.15) is 13.2 Å². The summed E-state index contributed by atoms with van der Waals surface area (Å²) < 4.78 is 56.7. The van der Waals surface area contributed by atoms with E-state index in [4.69, 9.17) is 4.74 Å². The van der Waals surface area contributed by atoms with Gasteiger partial charge in [0.15, 0.2) is 5.78 Å². The summed E-state index contributed by atoms with van der Waals surface area (Å²) in [5, 5.41) is 0. The first-order valence-electron chi connectivity index (χ1n) is 6.36. The highest BCUT2D eigenvalue weighted by Crippen LogP contribution is 2.33. The van der Waals surface area contributed by atoms with Crippen LogP contribution in [0, 0.1) is 11.7 Å². The highest BCUT2D eigenvalue weighted by Gasteiger charge is 2.35. The van der Waals surface area contributed by atoms with Crippen molar-refractivity contribution in [3.63, 3.8) is 0 Å². The molecular weight excluding hydrogens is 276 g/mol. The molecule has 1 aliphatic heterocycles. The molecule has 0 unspecified atom stereocenters.